The third-order valence-electron chi connectivity index (χ3n) is 6.27. The summed E-state index contributed by atoms with van der Waals surface area (Å²) in [6.07, 6.45) is 6.51. The van der Waals surface area contributed by atoms with E-state index in [1.54, 1.807) is 0 Å². The van der Waals surface area contributed by atoms with Crippen molar-refractivity contribution in [3.05, 3.63) is 64.6 Å². The number of halogens is 1. The maximum Gasteiger partial charge on any atom is 0.166 e. The van der Waals surface area contributed by atoms with Gasteiger partial charge in [0, 0.05) is 22.2 Å². The number of benzene rings is 1. The molecule has 27 heavy (non-hydrogen) atoms. The highest BCUT2D eigenvalue weighted by Gasteiger charge is 2.56. The van der Waals surface area contributed by atoms with Crippen LogP contribution in [-0.2, 0) is 23.4 Å². The number of ether oxygens (including phenoxy) is 1. The van der Waals surface area contributed by atoms with E-state index in [4.69, 9.17) is 16.3 Å². The van der Waals surface area contributed by atoms with Gasteiger partial charge in [0.05, 0.1) is 18.8 Å². The Hall–Kier alpha value is -1.95. The first kappa shape index (κ1) is 17.2. The molecule has 5 rings (SSSR count). The molecule has 0 amide bonds. The predicted octanol–water partition coefficient (Wildman–Crippen LogP) is 4.05. The second-order valence-electron chi connectivity index (χ2n) is 8.02. The smallest absolute Gasteiger partial charge is 0.166 e. The number of hydrogen-bond donors (Lipinski definition) is 1. The van der Waals surface area contributed by atoms with Gasteiger partial charge < -0.3 is 9.84 Å². The molecule has 0 spiro atoms. The Morgan fingerprint density at radius 1 is 1.00 bits per heavy atom. The van der Waals surface area contributed by atoms with Crippen molar-refractivity contribution in [3.63, 3.8) is 0 Å². The minimum Gasteiger partial charge on any atom is -0.390 e. The van der Waals surface area contributed by atoms with Crippen LogP contribution in [0.3, 0.4) is 0 Å². The molecular weight excluding hydrogens is 362 g/mol. The number of aliphatic hydroxyl groups is 1. The van der Waals surface area contributed by atoms with Crippen molar-refractivity contribution >= 4 is 17.2 Å². The fraction of sp³-hybridized carbons (Fsp3) is 0.429. The first-order valence-electron chi connectivity index (χ1n) is 9.45. The van der Waals surface area contributed by atoms with E-state index in [0.29, 0.717) is 13.2 Å². The Morgan fingerprint density at radius 2 is 1.74 bits per heavy atom. The average molecular weight is 384 g/mol. The highest BCUT2D eigenvalue weighted by molar-refractivity contribution is 6.31. The van der Waals surface area contributed by atoms with Gasteiger partial charge in [0.25, 0.3) is 0 Å². The zero-order valence-corrected chi connectivity index (χ0v) is 15.8. The van der Waals surface area contributed by atoms with E-state index in [2.05, 4.69) is 14.6 Å². The normalized spacial score (nSPS) is 26.9. The average Bonchev–Trinajstić information content (AvgIpc) is 3.34. The molecule has 2 bridgehead atoms. The molecule has 140 valence electrons. The molecule has 2 aliphatic rings. The maximum atomic E-state index is 10.6. The first-order chi connectivity index (χ1) is 13.1. The number of aromatic nitrogens is 3. The molecule has 2 aromatic heterocycles. The predicted molar refractivity (Wildman–Crippen MR) is 103 cm³/mol. The van der Waals surface area contributed by atoms with E-state index >= 15 is 0 Å². The molecule has 1 N–H and O–H groups in total. The number of fused-ring (bicyclic) bond motifs is 3. The Balaban J connectivity index is 1.39. The van der Waals surface area contributed by atoms with Crippen LogP contribution in [0.15, 0.2) is 42.6 Å². The Labute approximate surface area is 162 Å². The van der Waals surface area contributed by atoms with E-state index in [1.807, 2.05) is 42.6 Å². The lowest BCUT2D eigenvalue weighted by Gasteiger charge is -2.24. The van der Waals surface area contributed by atoms with Crippen LogP contribution in [0.1, 0.15) is 49.1 Å². The summed E-state index contributed by atoms with van der Waals surface area (Å²) in [5.41, 5.74) is 2.28. The fourth-order valence-corrected chi connectivity index (χ4v) is 5.00. The van der Waals surface area contributed by atoms with Crippen LogP contribution < -0.4 is 0 Å². The molecule has 2 aliphatic carbocycles. The quantitative estimate of drug-likeness (QED) is 0.722. The SMILES string of the molecule is OC12CCC(c3nnc4c(COCc5ccccc5Cl)cccn34)(CC1)C2. The molecule has 0 aliphatic heterocycles. The second-order valence-corrected chi connectivity index (χ2v) is 8.42. The van der Waals surface area contributed by atoms with Crippen LogP contribution in [0, 0.1) is 0 Å². The molecule has 0 saturated heterocycles. The topological polar surface area (TPSA) is 59.7 Å². The minimum atomic E-state index is -0.499. The monoisotopic (exact) mass is 383 g/mol. The molecular formula is C21H22ClN3O2. The molecule has 6 heteroatoms. The summed E-state index contributed by atoms with van der Waals surface area (Å²) in [6.45, 7) is 0.906. The second kappa shape index (κ2) is 6.30. The molecule has 5 nitrogen and oxygen atoms in total. The standard InChI is InChI=1S/C21H22ClN3O2/c22-17-6-2-1-4-15(17)12-27-13-16-5-3-11-25-18(16)23-24-19(25)20-7-9-21(26,14-20)10-8-20/h1-6,11,26H,7-10,12-14H2. The van der Waals surface area contributed by atoms with Crippen LogP contribution in [-0.4, -0.2) is 25.3 Å². The van der Waals surface area contributed by atoms with Gasteiger partial charge in [0.2, 0.25) is 0 Å². The van der Waals surface area contributed by atoms with Gasteiger partial charge in [-0.15, -0.1) is 10.2 Å². The van der Waals surface area contributed by atoms with E-state index in [9.17, 15) is 5.11 Å². The van der Waals surface area contributed by atoms with Crippen LogP contribution in [0.5, 0.6) is 0 Å². The third-order valence-corrected chi connectivity index (χ3v) is 6.64. The summed E-state index contributed by atoms with van der Waals surface area (Å²) in [4.78, 5) is 0. The molecule has 2 heterocycles. The van der Waals surface area contributed by atoms with Gasteiger partial charge in [-0.25, -0.2) is 0 Å². The van der Waals surface area contributed by atoms with Gasteiger partial charge in [0.1, 0.15) is 5.82 Å². The zero-order valence-electron chi connectivity index (χ0n) is 15.1. The minimum absolute atomic E-state index is 0.0365. The van der Waals surface area contributed by atoms with Gasteiger partial charge in [-0.05, 0) is 49.8 Å². The molecule has 0 radical (unpaired) electrons. The van der Waals surface area contributed by atoms with E-state index in [1.165, 1.54) is 0 Å². The van der Waals surface area contributed by atoms with Crippen LogP contribution in [0.4, 0.5) is 0 Å². The van der Waals surface area contributed by atoms with Gasteiger partial charge in [-0.2, -0.15) is 0 Å². The third kappa shape index (κ3) is 2.85. The molecule has 3 aromatic rings. The van der Waals surface area contributed by atoms with Gasteiger partial charge >= 0.3 is 0 Å². The summed E-state index contributed by atoms with van der Waals surface area (Å²) in [6, 6.07) is 11.8. The lowest BCUT2D eigenvalue weighted by molar-refractivity contribution is 0.0521. The Kier molecular flexibility index (Phi) is 4.00. The number of hydrogen-bond acceptors (Lipinski definition) is 4. The lowest BCUT2D eigenvalue weighted by atomic mass is 9.83. The first-order valence-corrected chi connectivity index (χ1v) is 9.83. The van der Waals surface area contributed by atoms with Crippen LogP contribution in [0.2, 0.25) is 5.02 Å². The summed E-state index contributed by atoms with van der Waals surface area (Å²) < 4.78 is 7.99. The van der Waals surface area contributed by atoms with Gasteiger partial charge in [-0.1, -0.05) is 35.9 Å². The van der Waals surface area contributed by atoms with E-state index < -0.39 is 5.60 Å². The van der Waals surface area contributed by atoms with Crippen molar-refractivity contribution in [3.8, 4) is 0 Å². The lowest BCUT2D eigenvalue weighted by Crippen LogP contribution is -2.23. The molecule has 2 fully saturated rings. The summed E-state index contributed by atoms with van der Waals surface area (Å²) in [5, 5.41) is 20.3. The van der Waals surface area contributed by atoms with Crippen molar-refractivity contribution in [2.45, 2.75) is 56.3 Å². The highest BCUT2D eigenvalue weighted by atomic mass is 35.5. The number of nitrogens with zero attached hydrogens (tertiary/aromatic N) is 3. The molecule has 2 saturated carbocycles. The Bertz CT molecular complexity index is 992. The molecule has 0 unspecified atom stereocenters. The summed E-state index contributed by atoms with van der Waals surface area (Å²) >= 11 is 6.20. The maximum absolute atomic E-state index is 10.6. The Morgan fingerprint density at radius 3 is 2.48 bits per heavy atom. The summed E-state index contributed by atoms with van der Waals surface area (Å²) in [5.74, 6) is 0.985. The van der Waals surface area contributed by atoms with Crippen LogP contribution in [0.25, 0.3) is 5.65 Å². The summed E-state index contributed by atoms with van der Waals surface area (Å²) in [7, 11) is 0. The van der Waals surface area contributed by atoms with Crippen molar-refractivity contribution in [1.29, 1.82) is 0 Å². The number of pyridine rings is 1. The fourth-order valence-electron chi connectivity index (χ4n) is 4.81. The largest absolute Gasteiger partial charge is 0.390 e. The van der Waals surface area contributed by atoms with Crippen molar-refractivity contribution in [1.82, 2.24) is 14.6 Å². The zero-order chi connectivity index (χ0) is 18.5. The highest BCUT2D eigenvalue weighted by Crippen LogP contribution is 2.56. The van der Waals surface area contributed by atoms with Crippen molar-refractivity contribution in [2.24, 2.45) is 0 Å². The molecule has 1 aromatic carbocycles. The van der Waals surface area contributed by atoms with Crippen molar-refractivity contribution < 1.29 is 9.84 Å². The van der Waals surface area contributed by atoms with Gasteiger partial charge in [-0.3, -0.25) is 4.40 Å². The number of rotatable bonds is 5. The van der Waals surface area contributed by atoms with Crippen LogP contribution >= 0.6 is 11.6 Å². The van der Waals surface area contributed by atoms with Gasteiger partial charge in [0.15, 0.2) is 5.65 Å². The molecule has 0 atom stereocenters. The van der Waals surface area contributed by atoms with E-state index in [-0.39, 0.29) is 5.41 Å². The van der Waals surface area contributed by atoms with E-state index in [0.717, 1.165) is 59.7 Å². The van der Waals surface area contributed by atoms with Crippen molar-refractivity contribution in [2.75, 3.05) is 0 Å².